The normalized spacial score (nSPS) is 14.5. The fourth-order valence-corrected chi connectivity index (χ4v) is 8.51. The number of hydrogen-bond donors (Lipinski definition) is 1. The number of furan rings is 2. The zero-order chi connectivity index (χ0) is 37.5. The summed E-state index contributed by atoms with van der Waals surface area (Å²) < 4.78 is 15.1. The van der Waals surface area contributed by atoms with E-state index in [1.54, 1.807) is 0 Å². The molecule has 8 aromatic carbocycles. The summed E-state index contributed by atoms with van der Waals surface area (Å²) in [6.45, 7) is 0. The highest BCUT2D eigenvalue weighted by Gasteiger charge is 2.22. The summed E-state index contributed by atoms with van der Waals surface area (Å²) in [6, 6.07) is 63.4. The first-order valence-corrected chi connectivity index (χ1v) is 19.2. The standard InChI is InChI=1S/C51H32N4O2/c1-3-11-31(12-4-1)49-52-50(32-13-5-2-6-14-32)54-51(53-49)35-21-25-47-41(29-35)39-27-33(19-23-45(39)56-47)34-20-24-46-40(28-34)42-30-36(22-26-48(42)57-46)55-43-17-9-7-15-37(43)38-16-8-10-18-44(38)55/h1-30,49H,(H,52,53,54). The molecule has 4 heterocycles. The average molecular weight is 733 g/mol. The van der Waals surface area contributed by atoms with E-state index in [-0.39, 0.29) is 6.17 Å². The molecular formula is C51H32N4O2. The molecular weight excluding hydrogens is 701 g/mol. The third-order valence-corrected chi connectivity index (χ3v) is 11.3. The Bertz CT molecular complexity index is 3390. The Morgan fingerprint density at radius 1 is 0.421 bits per heavy atom. The molecule has 0 saturated heterocycles. The molecule has 1 atom stereocenters. The van der Waals surface area contributed by atoms with E-state index in [1.165, 1.54) is 21.8 Å². The first kappa shape index (κ1) is 31.6. The van der Waals surface area contributed by atoms with E-state index < -0.39 is 0 Å². The molecule has 12 rings (SSSR count). The van der Waals surface area contributed by atoms with Gasteiger partial charge in [0.15, 0.2) is 5.84 Å². The van der Waals surface area contributed by atoms with Gasteiger partial charge in [-0.3, -0.25) is 0 Å². The van der Waals surface area contributed by atoms with Crippen molar-refractivity contribution in [2.45, 2.75) is 6.17 Å². The highest BCUT2D eigenvalue weighted by molar-refractivity contribution is 6.16. The Kier molecular flexibility index (Phi) is 6.89. The highest BCUT2D eigenvalue weighted by Crippen LogP contribution is 2.39. The molecule has 268 valence electrons. The SMILES string of the molecule is c1ccc(C2=NC(c3ccc4oc5ccc(-c6ccc7oc8ccc(-n9c%10ccccc%10c%10ccccc%109)cc8c7c6)cc5c4c3)=NC(c3ccccc3)N2)cc1. The molecule has 57 heavy (non-hydrogen) atoms. The van der Waals surface area contributed by atoms with Crippen LogP contribution in [-0.4, -0.2) is 16.2 Å². The van der Waals surface area contributed by atoms with E-state index in [9.17, 15) is 0 Å². The van der Waals surface area contributed by atoms with Crippen LogP contribution >= 0.6 is 0 Å². The van der Waals surface area contributed by atoms with Gasteiger partial charge in [-0.2, -0.15) is 0 Å². The molecule has 11 aromatic rings. The van der Waals surface area contributed by atoms with E-state index in [1.807, 2.05) is 42.5 Å². The fraction of sp³-hybridized carbons (Fsp3) is 0.0196. The molecule has 0 saturated carbocycles. The molecule has 0 bridgehead atoms. The van der Waals surface area contributed by atoms with Gasteiger partial charge in [0.25, 0.3) is 0 Å². The van der Waals surface area contributed by atoms with Crippen LogP contribution in [0.25, 0.3) is 82.5 Å². The summed E-state index contributed by atoms with van der Waals surface area (Å²) in [5, 5.41) is 10.3. The number of aliphatic imine (C=N–C) groups is 2. The van der Waals surface area contributed by atoms with Gasteiger partial charge in [0.1, 0.15) is 34.3 Å². The van der Waals surface area contributed by atoms with E-state index >= 15 is 0 Å². The van der Waals surface area contributed by atoms with Crippen molar-refractivity contribution in [1.29, 1.82) is 0 Å². The Morgan fingerprint density at radius 3 is 1.53 bits per heavy atom. The molecule has 1 N–H and O–H groups in total. The summed E-state index contributed by atoms with van der Waals surface area (Å²) in [4.78, 5) is 10.2. The lowest BCUT2D eigenvalue weighted by atomic mass is 10.00. The van der Waals surface area contributed by atoms with Crippen LogP contribution in [-0.2, 0) is 0 Å². The summed E-state index contributed by atoms with van der Waals surface area (Å²) in [5.41, 5.74) is 12.1. The van der Waals surface area contributed by atoms with E-state index in [0.717, 1.165) is 83.2 Å². The van der Waals surface area contributed by atoms with E-state index in [0.29, 0.717) is 5.84 Å². The van der Waals surface area contributed by atoms with Crippen LogP contribution < -0.4 is 5.32 Å². The van der Waals surface area contributed by atoms with E-state index in [2.05, 4.69) is 149 Å². The Labute approximate surface area is 326 Å². The lowest BCUT2D eigenvalue weighted by Crippen LogP contribution is -2.33. The second kappa shape index (κ2) is 12.4. The van der Waals surface area contributed by atoms with Gasteiger partial charge in [0.2, 0.25) is 0 Å². The van der Waals surface area contributed by atoms with Gasteiger partial charge in [-0.25, -0.2) is 9.98 Å². The van der Waals surface area contributed by atoms with Crippen molar-refractivity contribution in [3.8, 4) is 16.8 Å². The molecule has 0 spiro atoms. The Morgan fingerprint density at radius 2 is 0.912 bits per heavy atom. The quantitative estimate of drug-likeness (QED) is 0.192. The fourth-order valence-electron chi connectivity index (χ4n) is 8.51. The monoisotopic (exact) mass is 732 g/mol. The van der Waals surface area contributed by atoms with Crippen LogP contribution in [0.15, 0.2) is 201 Å². The number of amidine groups is 2. The number of para-hydroxylation sites is 2. The molecule has 1 aliphatic heterocycles. The van der Waals surface area contributed by atoms with Gasteiger partial charge in [-0.15, -0.1) is 0 Å². The van der Waals surface area contributed by atoms with Gasteiger partial charge < -0.3 is 18.7 Å². The van der Waals surface area contributed by atoms with Gasteiger partial charge in [0.05, 0.1) is 11.0 Å². The first-order chi connectivity index (χ1) is 28.2. The van der Waals surface area contributed by atoms with Gasteiger partial charge in [0, 0.05) is 49.1 Å². The zero-order valence-corrected chi connectivity index (χ0v) is 30.6. The minimum atomic E-state index is -0.274. The molecule has 6 nitrogen and oxygen atoms in total. The Balaban J connectivity index is 0.963. The predicted molar refractivity (Wildman–Crippen MR) is 233 cm³/mol. The van der Waals surface area contributed by atoms with Crippen LogP contribution in [0, 0.1) is 0 Å². The topological polar surface area (TPSA) is 68.0 Å². The van der Waals surface area contributed by atoms with Crippen molar-refractivity contribution in [2.24, 2.45) is 9.98 Å². The lowest BCUT2D eigenvalue weighted by Gasteiger charge is -2.23. The number of aromatic nitrogens is 1. The second-order valence-electron chi connectivity index (χ2n) is 14.6. The minimum Gasteiger partial charge on any atom is -0.456 e. The number of benzene rings is 8. The van der Waals surface area contributed by atoms with Gasteiger partial charge in [-0.05, 0) is 89.5 Å². The van der Waals surface area contributed by atoms with Gasteiger partial charge in [-0.1, -0.05) is 109 Å². The van der Waals surface area contributed by atoms with Crippen molar-refractivity contribution in [1.82, 2.24) is 9.88 Å². The van der Waals surface area contributed by atoms with Gasteiger partial charge >= 0.3 is 0 Å². The highest BCUT2D eigenvalue weighted by atomic mass is 16.3. The van der Waals surface area contributed by atoms with Crippen molar-refractivity contribution in [2.75, 3.05) is 0 Å². The zero-order valence-electron chi connectivity index (χ0n) is 30.6. The van der Waals surface area contributed by atoms with Crippen molar-refractivity contribution >= 4 is 77.4 Å². The van der Waals surface area contributed by atoms with Crippen molar-refractivity contribution in [3.63, 3.8) is 0 Å². The molecule has 6 heteroatoms. The van der Waals surface area contributed by atoms with Crippen LogP contribution in [0.2, 0.25) is 0 Å². The number of rotatable bonds is 5. The van der Waals surface area contributed by atoms with Crippen molar-refractivity contribution < 1.29 is 8.83 Å². The van der Waals surface area contributed by atoms with Crippen LogP contribution in [0.5, 0.6) is 0 Å². The predicted octanol–water partition coefficient (Wildman–Crippen LogP) is 12.7. The van der Waals surface area contributed by atoms with Crippen LogP contribution in [0.1, 0.15) is 22.9 Å². The summed E-state index contributed by atoms with van der Waals surface area (Å²) in [7, 11) is 0. The molecule has 0 amide bonds. The van der Waals surface area contributed by atoms with E-state index in [4.69, 9.17) is 18.8 Å². The molecule has 0 radical (unpaired) electrons. The average Bonchev–Trinajstić information content (AvgIpc) is 3.95. The number of fused-ring (bicyclic) bond motifs is 9. The second-order valence-corrected chi connectivity index (χ2v) is 14.6. The lowest BCUT2D eigenvalue weighted by molar-refractivity contribution is 0.668. The summed E-state index contributed by atoms with van der Waals surface area (Å²) in [6.07, 6.45) is -0.274. The minimum absolute atomic E-state index is 0.274. The summed E-state index contributed by atoms with van der Waals surface area (Å²) >= 11 is 0. The van der Waals surface area contributed by atoms with Crippen LogP contribution in [0.4, 0.5) is 0 Å². The van der Waals surface area contributed by atoms with Crippen molar-refractivity contribution in [3.05, 3.63) is 199 Å². The smallest absolute Gasteiger partial charge is 0.159 e. The Hall–Kier alpha value is -7.70. The van der Waals surface area contributed by atoms with Crippen LogP contribution in [0.3, 0.4) is 0 Å². The summed E-state index contributed by atoms with van der Waals surface area (Å²) in [5.74, 6) is 1.46. The molecule has 1 unspecified atom stereocenters. The maximum Gasteiger partial charge on any atom is 0.159 e. The third-order valence-electron chi connectivity index (χ3n) is 11.3. The number of hydrogen-bond acceptors (Lipinski definition) is 5. The maximum atomic E-state index is 6.40. The molecule has 3 aromatic heterocycles. The third kappa shape index (κ3) is 5.11. The number of nitrogens with zero attached hydrogens (tertiary/aromatic N) is 3. The first-order valence-electron chi connectivity index (χ1n) is 19.2. The number of nitrogens with one attached hydrogen (secondary N) is 1. The largest absolute Gasteiger partial charge is 0.456 e. The molecule has 0 fully saturated rings. The maximum absolute atomic E-state index is 6.40. The molecule has 0 aliphatic carbocycles. The molecule has 1 aliphatic rings.